The van der Waals surface area contributed by atoms with Crippen LogP contribution in [-0.4, -0.2) is 64.0 Å². The Bertz CT molecular complexity index is 1160. The Labute approximate surface area is 179 Å². The van der Waals surface area contributed by atoms with Crippen LogP contribution in [0.4, 0.5) is 11.8 Å². The normalized spacial score (nSPS) is 17.8. The van der Waals surface area contributed by atoms with Crippen molar-refractivity contribution in [1.29, 1.82) is 0 Å². The lowest BCUT2D eigenvalue weighted by Gasteiger charge is -2.34. The van der Waals surface area contributed by atoms with Crippen molar-refractivity contribution in [3.63, 3.8) is 0 Å². The number of nitrogen functional groups attached to an aromatic ring is 1. The summed E-state index contributed by atoms with van der Waals surface area (Å²) in [4.78, 5) is 35.0. The molecule has 0 radical (unpaired) electrons. The molecule has 162 valence electrons. The van der Waals surface area contributed by atoms with E-state index in [0.717, 1.165) is 12.8 Å². The molecule has 2 fully saturated rings. The van der Waals surface area contributed by atoms with Gasteiger partial charge in [0, 0.05) is 43.9 Å². The summed E-state index contributed by atoms with van der Waals surface area (Å²) in [7, 11) is 1.57. The largest absolute Gasteiger partial charge is 0.481 e. The molecule has 1 aliphatic carbocycles. The average Bonchev–Trinajstić information content (AvgIpc) is 3.44. The fourth-order valence-electron chi connectivity index (χ4n) is 3.94. The molecule has 0 bridgehead atoms. The van der Waals surface area contributed by atoms with Gasteiger partial charge in [0.2, 0.25) is 17.5 Å². The number of carbonyl (C=O) groups excluding carboxylic acids is 1. The molecule has 2 aliphatic rings. The van der Waals surface area contributed by atoms with Gasteiger partial charge in [0.25, 0.3) is 5.91 Å². The van der Waals surface area contributed by atoms with Crippen LogP contribution in [0, 0.1) is 6.92 Å². The molecule has 1 saturated heterocycles. The topological polar surface area (TPSA) is 124 Å². The monoisotopic (exact) mass is 423 g/mol. The number of hydrogen-bond donors (Lipinski definition) is 1. The van der Waals surface area contributed by atoms with Gasteiger partial charge >= 0.3 is 0 Å². The van der Waals surface area contributed by atoms with Crippen LogP contribution in [0.5, 0.6) is 5.88 Å². The summed E-state index contributed by atoms with van der Waals surface area (Å²) in [6.45, 7) is 6.17. The summed E-state index contributed by atoms with van der Waals surface area (Å²) >= 11 is 0. The zero-order chi connectivity index (χ0) is 21.8. The van der Waals surface area contributed by atoms with Crippen LogP contribution in [0.2, 0.25) is 0 Å². The predicted molar refractivity (Wildman–Crippen MR) is 114 cm³/mol. The molecule has 10 nitrogen and oxygen atoms in total. The molecule has 0 aromatic carbocycles. The number of piperazine rings is 1. The van der Waals surface area contributed by atoms with Crippen LogP contribution < -0.4 is 15.4 Å². The number of nitrogens with zero attached hydrogens (tertiary/aromatic N) is 6. The van der Waals surface area contributed by atoms with Crippen LogP contribution in [-0.2, 0) is 5.41 Å². The maximum atomic E-state index is 13.4. The van der Waals surface area contributed by atoms with Gasteiger partial charge in [0.15, 0.2) is 0 Å². The summed E-state index contributed by atoms with van der Waals surface area (Å²) < 4.78 is 11.0. The third-order valence-corrected chi connectivity index (χ3v) is 6.19. The van der Waals surface area contributed by atoms with Gasteiger partial charge in [-0.05, 0) is 19.8 Å². The van der Waals surface area contributed by atoms with E-state index in [0.29, 0.717) is 72.1 Å². The molecule has 1 saturated carbocycles. The molecule has 1 aliphatic heterocycles. The van der Waals surface area contributed by atoms with Crippen LogP contribution in [0.3, 0.4) is 0 Å². The SMILES string of the molecule is COc1ccnc(N2CCN(C(=O)c3c(C)oc4nc(C5(C)CC5)nc(N)c34)CC2)n1. The first kappa shape index (κ1) is 19.5. The minimum Gasteiger partial charge on any atom is -0.481 e. The first-order valence-electron chi connectivity index (χ1n) is 10.4. The first-order chi connectivity index (χ1) is 14.9. The lowest BCUT2D eigenvalue weighted by molar-refractivity contribution is 0.0746. The number of aryl methyl sites for hydroxylation is 1. The van der Waals surface area contributed by atoms with Gasteiger partial charge in [-0.3, -0.25) is 4.79 Å². The summed E-state index contributed by atoms with van der Waals surface area (Å²) in [5, 5.41) is 0.508. The van der Waals surface area contributed by atoms with Gasteiger partial charge in [-0.1, -0.05) is 6.92 Å². The number of anilines is 2. The minimum atomic E-state index is -0.122. The Balaban J connectivity index is 1.38. The molecule has 3 aromatic rings. The number of amides is 1. The highest BCUT2D eigenvalue weighted by Gasteiger charge is 2.43. The number of methoxy groups -OCH3 is 1. The Hall–Kier alpha value is -3.43. The molecule has 4 heterocycles. The van der Waals surface area contributed by atoms with Gasteiger partial charge in [0.05, 0.1) is 18.1 Å². The standard InChI is InChI=1S/C21H25N7O3/c1-12-14(15-16(22)25-19(21(2)5-6-21)26-17(15)31-12)18(29)27-8-10-28(11-9-27)20-23-7-4-13(24-20)30-3/h4,7H,5-6,8-11H2,1-3H3,(H2,22,25,26). The first-order valence-corrected chi connectivity index (χ1v) is 10.4. The van der Waals surface area contributed by atoms with Crippen LogP contribution in [0.15, 0.2) is 16.7 Å². The fraction of sp³-hybridized carbons (Fsp3) is 0.476. The number of hydrogen-bond acceptors (Lipinski definition) is 9. The molecular weight excluding hydrogens is 398 g/mol. The van der Waals surface area contributed by atoms with Crippen LogP contribution in [0.1, 0.15) is 41.7 Å². The van der Waals surface area contributed by atoms with E-state index in [1.54, 1.807) is 31.2 Å². The van der Waals surface area contributed by atoms with Crippen molar-refractivity contribution in [2.45, 2.75) is 32.1 Å². The fourth-order valence-corrected chi connectivity index (χ4v) is 3.94. The Morgan fingerprint density at radius 1 is 1.19 bits per heavy atom. The lowest BCUT2D eigenvalue weighted by atomic mass is 10.1. The molecule has 0 atom stereocenters. The van der Waals surface area contributed by atoms with E-state index in [2.05, 4.69) is 26.9 Å². The van der Waals surface area contributed by atoms with E-state index < -0.39 is 0 Å². The summed E-state index contributed by atoms with van der Waals surface area (Å²) in [6.07, 6.45) is 3.73. The number of furan rings is 1. The highest BCUT2D eigenvalue weighted by atomic mass is 16.5. The molecule has 0 spiro atoms. The van der Waals surface area contributed by atoms with Gasteiger partial charge in [-0.15, -0.1) is 0 Å². The molecule has 5 rings (SSSR count). The molecule has 10 heteroatoms. The van der Waals surface area contributed by atoms with E-state index in [1.165, 1.54) is 0 Å². The summed E-state index contributed by atoms with van der Waals surface area (Å²) in [5.74, 6) is 2.49. The molecular formula is C21H25N7O3. The van der Waals surface area contributed by atoms with Crippen molar-refractivity contribution in [1.82, 2.24) is 24.8 Å². The average molecular weight is 423 g/mol. The van der Waals surface area contributed by atoms with Gasteiger partial charge < -0.3 is 24.7 Å². The number of fused-ring (bicyclic) bond motifs is 1. The second-order valence-electron chi connectivity index (χ2n) is 8.38. The Morgan fingerprint density at radius 2 is 1.94 bits per heavy atom. The van der Waals surface area contributed by atoms with E-state index in [9.17, 15) is 4.79 Å². The maximum absolute atomic E-state index is 13.4. The molecule has 0 unspecified atom stereocenters. The lowest BCUT2D eigenvalue weighted by Crippen LogP contribution is -2.49. The van der Waals surface area contributed by atoms with Gasteiger partial charge in [-0.2, -0.15) is 9.97 Å². The van der Waals surface area contributed by atoms with Gasteiger partial charge in [0.1, 0.15) is 17.4 Å². The third kappa shape index (κ3) is 3.31. The van der Waals surface area contributed by atoms with Crippen molar-refractivity contribution in [2.24, 2.45) is 0 Å². The molecule has 31 heavy (non-hydrogen) atoms. The predicted octanol–water partition coefficient (Wildman–Crippen LogP) is 1.93. The van der Waals surface area contributed by atoms with E-state index in [4.69, 9.17) is 14.9 Å². The van der Waals surface area contributed by atoms with E-state index in [1.807, 2.05) is 4.90 Å². The zero-order valence-electron chi connectivity index (χ0n) is 17.9. The Kier molecular flexibility index (Phi) is 4.45. The van der Waals surface area contributed by atoms with Crippen molar-refractivity contribution in [2.75, 3.05) is 43.9 Å². The van der Waals surface area contributed by atoms with E-state index in [-0.39, 0.29) is 11.3 Å². The zero-order valence-corrected chi connectivity index (χ0v) is 17.9. The molecule has 1 amide bonds. The quantitative estimate of drug-likeness (QED) is 0.670. The number of aromatic nitrogens is 4. The number of rotatable bonds is 4. The minimum absolute atomic E-state index is 0.0360. The smallest absolute Gasteiger partial charge is 0.258 e. The van der Waals surface area contributed by atoms with Crippen molar-refractivity contribution < 1.29 is 13.9 Å². The van der Waals surface area contributed by atoms with E-state index >= 15 is 0 Å². The molecule has 2 N–H and O–H groups in total. The summed E-state index contributed by atoms with van der Waals surface area (Å²) in [5.41, 5.74) is 7.07. The Morgan fingerprint density at radius 3 is 2.61 bits per heavy atom. The van der Waals surface area contributed by atoms with Crippen molar-refractivity contribution in [3.8, 4) is 5.88 Å². The highest BCUT2D eigenvalue weighted by molar-refractivity contribution is 6.09. The van der Waals surface area contributed by atoms with Crippen LogP contribution >= 0.6 is 0 Å². The van der Waals surface area contributed by atoms with Crippen LogP contribution in [0.25, 0.3) is 11.1 Å². The van der Waals surface area contributed by atoms with Gasteiger partial charge in [-0.25, -0.2) is 9.97 Å². The highest BCUT2D eigenvalue weighted by Crippen LogP contribution is 2.47. The second-order valence-corrected chi connectivity index (χ2v) is 8.38. The summed E-state index contributed by atoms with van der Waals surface area (Å²) in [6, 6.07) is 1.71. The number of ether oxygens (including phenoxy) is 1. The maximum Gasteiger partial charge on any atom is 0.258 e. The second kappa shape index (κ2) is 7.07. The van der Waals surface area contributed by atoms with Crippen molar-refractivity contribution in [3.05, 3.63) is 29.4 Å². The van der Waals surface area contributed by atoms with Crippen molar-refractivity contribution >= 4 is 28.8 Å². The third-order valence-electron chi connectivity index (χ3n) is 6.19. The molecule has 3 aromatic heterocycles. The number of carbonyl (C=O) groups is 1. The number of nitrogens with two attached hydrogens (primary N) is 1.